The molecule has 12 nitrogen and oxygen atoms in total. The van der Waals surface area contributed by atoms with E-state index in [1.165, 1.54) is 11.1 Å². The second-order valence-electron chi connectivity index (χ2n) is 18.8. The van der Waals surface area contributed by atoms with Gasteiger partial charge in [0.1, 0.15) is 11.4 Å². The number of sulfonamides is 1. The summed E-state index contributed by atoms with van der Waals surface area (Å²) in [6.07, 6.45) is 10.5. The molecule has 0 aromatic heterocycles. The number of allylic oxidation sites excluding steroid dienone is 1. The van der Waals surface area contributed by atoms with Crippen molar-refractivity contribution in [1.82, 2.24) is 19.4 Å². The number of methoxy groups -OCH3 is 1. The first-order valence-corrected chi connectivity index (χ1v) is 24.4. The molecule has 3 saturated heterocycles. The average Bonchev–Trinajstić information content (AvgIpc) is 3.38. The summed E-state index contributed by atoms with van der Waals surface area (Å²) in [5.41, 5.74) is 2.84. The van der Waals surface area contributed by atoms with E-state index in [4.69, 9.17) is 30.5 Å². The molecule has 60 heavy (non-hydrogen) atoms. The van der Waals surface area contributed by atoms with Crippen molar-refractivity contribution in [2.24, 2.45) is 17.8 Å². The van der Waals surface area contributed by atoms with Crippen LogP contribution >= 0.6 is 11.6 Å². The predicted molar refractivity (Wildman–Crippen MR) is 234 cm³/mol. The molecule has 1 saturated carbocycles. The summed E-state index contributed by atoms with van der Waals surface area (Å²) in [6, 6.07) is 12.1. The zero-order valence-corrected chi connectivity index (χ0v) is 37.1. The van der Waals surface area contributed by atoms with E-state index in [2.05, 4.69) is 48.6 Å². The van der Waals surface area contributed by atoms with Gasteiger partial charge in [0.25, 0.3) is 5.91 Å². The first-order chi connectivity index (χ1) is 29.0. The summed E-state index contributed by atoms with van der Waals surface area (Å²) >= 11 is 6.55. The number of carbonyl (C=O) groups is 1. The van der Waals surface area contributed by atoms with Crippen LogP contribution in [0.2, 0.25) is 5.02 Å². The lowest BCUT2D eigenvalue weighted by atomic mass is 9.63. The Morgan fingerprint density at radius 2 is 1.83 bits per heavy atom. The van der Waals surface area contributed by atoms with E-state index in [0.29, 0.717) is 69.0 Å². The van der Waals surface area contributed by atoms with Crippen molar-refractivity contribution in [2.45, 2.75) is 74.2 Å². The fourth-order valence-electron chi connectivity index (χ4n) is 11.6. The number of hydrogen-bond acceptors (Lipinski definition) is 11. The number of morpholine rings is 2. The third-order valence-corrected chi connectivity index (χ3v) is 17.4. The van der Waals surface area contributed by atoms with Crippen molar-refractivity contribution in [3.8, 4) is 5.75 Å². The topological polar surface area (TPSA) is 113 Å². The highest BCUT2D eigenvalue weighted by Gasteiger charge is 2.50. The smallest absolute Gasteiger partial charge is 0.264 e. The molecule has 5 aliphatic heterocycles. The molecule has 5 heterocycles. The lowest BCUT2D eigenvalue weighted by Gasteiger charge is -2.53. The van der Waals surface area contributed by atoms with Crippen molar-refractivity contribution >= 4 is 33.2 Å². The van der Waals surface area contributed by atoms with Gasteiger partial charge in [0.2, 0.25) is 10.0 Å². The average molecular weight is 867 g/mol. The minimum absolute atomic E-state index is 0.232. The summed E-state index contributed by atoms with van der Waals surface area (Å²) in [5.74, 6) is 0.400. The third-order valence-electron chi connectivity index (χ3n) is 15.2. The second kappa shape index (κ2) is 17.8. The Bertz CT molecular complexity index is 2020. The van der Waals surface area contributed by atoms with E-state index in [0.717, 1.165) is 108 Å². The van der Waals surface area contributed by atoms with Crippen LogP contribution in [0.4, 0.5) is 5.69 Å². The second-order valence-corrected chi connectivity index (χ2v) is 21.1. The molecule has 0 radical (unpaired) electrons. The highest BCUT2D eigenvalue weighted by atomic mass is 35.5. The molecule has 1 N–H and O–H groups in total. The van der Waals surface area contributed by atoms with Gasteiger partial charge >= 0.3 is 0 Å². The number of anilines is 1. The van der Waals surface area contributed by atoms with Crippen LogP contribution in [0.1, 0.15) is 66.9 Å². The fraction of sp³-hybridized carbons (Fsp3) is 0.674. The number of halogens is 1. The van der Waals surface area contributed by atoms with Crippen LogP contribution in [0.3, 0.4) is 0 Å². The lowest BCUT2D eigenvalue weighted by molar-refractivity contribution is -0.108. The standard InChI is InChI=1S/C46H64ClN5O7S/c1-33-5-3-15-46(56-2,31-50-17-18-51-21-24-58-29-38(51)28-50)40-10-7-36(40)27-52-30-45(14-4-6-34-25-37(47)9-11-39(34)45)32-59-42-12-8-35(26-41(42)52)44(53)48-60(54,55)43(33)13-16-49-19-22-57-23-20-49/h3,8-9,11-12,15,25-26,33,36,38,40,43H,4-7,10,13-14,16-24,27-32H2,1-2H3,(H,48,53)/b15-3+/t33-,36-,38-,40+,43+,45-,46+/m0/s1. The van der Waals surface area contributed by atoms with Crippen molar-refractivity contribution < 1.29 is 32.2 Å². The van der Waals surface area contributed by atoms with E-state index in [-0.39, 0.29) is 17.3 Å². The van der Waals surface area contributed by atoms with Crippen molar-refractivity contribution in [3.05, 3.63) is 70.3 Å². The number of nitrogens with one attached hydrogen (secondary N) is 1. The van der Waals surface area contributed by atoms with E-state index >= 15 is 0 Å². The molecule has 2 aromatic carbocycles. The van der Waals surface area contributed by atoms with Crippen LogP contribution in [0.15, 0.2) is 48.6 Å². The molecule has 1 amide bonds. The van der Waals surface area contributed by atoms with Crippen molar-refractivity contribution in [3.63, 3.8) is 0 Å². The molecule has 14 heteroatoms. The summed E-state index contributed by atoms with van der Waals surface area (Å²) < 4.78 is 56.6. The minimum atomic E-state index is -4.08. The Morgan fingerprint density at radius 1 is 0.983 bits per heavy atom. The number of ether oxygens (including phenoxy) is 4. The van der Waals surface area contributed by atoms with Crippen molar-refractivity contribution in [1.29, 1.82) is 0 Å². The molecule has 9 rings (SSSR count). The quantitative estimate of drug-likeness (QED) is 0.397. The number of rotatable bonds is 6. The Morgan fingerprint density at radius 3 is 2.65 bits per heavy atom. The number of piperazine rings is 1. The number of benzene rings is 2. The fourth-order valence-corrected chi connectivity index (χ4v) is 13.5. The van der Waals surface area contributed by atoms with E-state index < -0.39 is 26.8 Å². The Hall–Kier alpha value is -2.75. The van der Waals surface area contributed by atoms with Crippen LogP contribution < -0.4 is 14.4 Å². The molecule has 2 bridgehead atoms. The number of amides is 1. The normalized spacial score (nSPS) is 34.5. The van der Waals surface area contributed by atoms with Gasteiger partial charge in [0.05, 0.1) is 44.0 Å². The van der Waals surface area contributed by atoms with Crippen molar-refractivity contribution in [2.75, 3.05) is 110 Å². The highest BCUT2D eigenvalue weighted by Crippen LogP contribution is 2.49. The number of nitrogens with zero attached hydrogens (tertiary/aromatic N) is 4. The Labute approximate surface area is 361 Å². The first kappa shape index (κ1) is 42.5. The van der Waals surface area contributed by atoms with Crippen LogP contribution in [0, 0.1) is 17.8 Å². The number of aryl methyl sites for hydroxylation is 1. The monoisotopic (exact) mass is 865 g/mol. The van der Waals surface area contributed by atoms with Gasteiger partial charge in [-0.2, -0.15) is 0 Å². The Balaban J connectivity index is 1.10. The maximum absolute atomic E-state index is 14.5. The van der Waals surface area contributed by atoms with E-state index in [1.807, 2.05) is 32.2 Å². The number of fused-ring (bicyclic) bond motifs is 5. The Kier molecular flexibility index (Phi) is 12.6. The number of carbonyl (C=O) groups excluding carboxylic acids is 1. The maximum atomic E-state index is 14.5. The zero-order valence-electron chi connectivity index (χ0n) is 35.5. The molecule has 7 atom stereocenters. The molecule has 1 spiro atoms. The van der Waals surface area contributed by atoms with Gasteiger partial charge in [0.15, 0.2) is 0 Å². The van der Waals surface area contributed by atoms with Gasteiger partial charge in [0, 0.05) is 88.1 Å². The van der Waals surface area contributed by atoms with Gasteiger partial charge in [-0.1, -0.05) is 36.7 Å². The summed E-state index contributed by atoms with van der Waals surface area (Å²) in [4.78, 5) is 24.0. The van der Waals surface area contributed by atoms with Gasteiger partial charge in [-0.05, 0) is 111 Å². The molecule has 328 valence electrons. The van der Waals surface area contributed by atoms with Gasteiger partial charge in [-0.15, -0.1) is 0 Å². The van der Waals surface area contributed by atoms with E-state index in [9.17, 15) is 13.2 Å². The van der Waals surface area contributed by atoms with Crippen LogP contribution in [0.5, 0.6) is 5.75 Å². The largest absolute Gasteiger partial charge is 0.490 e. The van der Waals surface area contributed by atoms with Crippen LogP contribution in [-0.2, 0) is 36.1 Å². The minimum Gasteiger partial charge on any atom is -0.490 e. The maximum Gasteiger partial charge on any atom is 0.264 e. The molecular weight excluding hydrogens is 802 g/mol. The number of hydrogen-bond donors (Lipinski definition) is 1. The predicted octanol–water partition coefficient (Wildman–Crippen LogP) is 4.99. The summed E-state index contributed by atoms with van der Waals surface area (Å²) in [6.45, 7) is 13.6. The van der Waals surface area contributed by atoms with Crippen LogP contribution in [0.25, 0.3) is 0 Å². The highest BCUT2D eigenvalue weighted by molar-refractivity contribution is 7.90. The summed E-state index contributed by atoms with van der Waals surface area (Å²) in [7, 11) is -2.21. The molecule has 7 aliphatic rings. The molecule has 4 fully saturated rings. The zero-order chi connectivity index (χ0) is 41.5. The first-order valence-electron chi connectivity index (χ1n) is 22.5. The summed E-state index contributed by atoms with van der Waals surface area (Å²) in [5, 5.41) is -0.0364. The molecular formula is C46H64ClN5O7S. The molecule has 0 unspecified atom stereocenters. The molecule has 2 aromatic rings. The van der Waals surface area contributed by atoms with Gasteiger partial charge in [-0.3, -0.25) is 19.5 Å². The lowest BCUT2D eigenvalue weighted by Crippen LogP contribution is -2.62. The molecule has 2 aliphatic carbocycles. The van der Waals surface area contributed by atoms with Gasteiger partial charge in [-0.25, -0.2) is 13.1 Å². The van der Waals surface area contributed by atoms with E-state index in [1.54, 1.807) is 6.07 Å². The third kappa shape index (κ3) is 8.63. The SMILES string of the molecule is CO[C@@]1(CN2CCN3CCOC[C@@H]3C2)/C=C/C[C@H](C)[C@@H](CCN2CCOCC2)S(=O)(=O)NC(=O)c2ccc3c(c2)N(C[C@@H]2CC[C@H]21)C[C@@]1(CCCc2cc(Cl)ccc21)CO3. The van der Waals surface area contributed by atoms with Crippen LogP contribution in [-0.4, -0.2) is 152 Å². The van der Waals surface area contributed by atoms with Gasteiger partial charge < -0.3 is 23.8 Å².